The Morgan fingerprint density at radius 3 is 2.83 bits per heavy atom. The molecule has 0 heterocycles. The van der Waals surface area contributed by atoms with Crippen LogP contribution in [0.5, 0.6) is 0 Å². The van der Waals surface area contributed by atoms with Gasteiger partial charge < -0.3 is 11.1 Å². The summed E-state index contributed by atoms with van der Waals surface area (Å²) in [6, 6.07) is 5.44. The predicted molar refractivity (Wildman–Crippen MR) is 77.0 cm³/mol. The normalized spacial score (nSPS) is 12.1. The van der Waals surface area contributed by atoms with Crippen LogP contribution in [0, 0.1) is 6.92 Å². The van der Waals surface area contributed by atoms with Crippen LogP contribution in [0.15, 0.2) is 18.2 Å². The number of hydrogen-bond acceptors (Lipinski definition) is 3. The van der Waals surface area contributed by atoms with Gasteiger partial charge in [-0.15, -0.1) is 0 Å². The zero-order valence-electron chi connectivity index (χ0n) is 10.9. The minimum Gasteiger partial charge on any atom is -0.398 e. The molecular formula is C13H20N2O2S. The van der Waals surface area contributed by atoms with Crippen LogP contribution in [-0.4, -0.2) is 21.6 Å². The van der Waals surface area contributed by atoms with Crippen molar-refractivity contribution in [2.24, 2.45) is 0 Å². The monoisotopic (exact) mass is 268 g/mol. The summed E-state index contributed by atoms with van der Waals surface area (Å²) in [5, 5.41) is 2.82. The molecule has 0 radical (unpaired) electrons. The van der Waals surface area contributed by atoms with Gasteiger partial charge >= 0.3 is 0 Å². The highest BCUT2D eigenvalue weighted by Crippen LogP contribution is 2.20. The summed E-state index contributed by atoms with van der Waals surface area (Å²) in [6.07, 6.45) is 1.04. The molecule has 18 heavy (non-hydrogen) atoms. The van der Waals surface area contributed by atoms with Crippen molar-refractivity contribution in [3.8, 4) is 0 Å². The molecule has 3 N–H and O–H groups in total. The zero-order valence-corrected chi connectivity index (χ0v) is 11.7. The molecule has 0 saturated heterocycles. The van der Waals surface area contributed by atoms with Crippen molar-refractivity contribution in [1.82, 2.24) is 0 Å². The number of benzene rings is 1. The van der Waals surface area contributed by atoms with Crippen LogP contribution < -0.4 is 11.1 Å². The molecule has 0 spiro atoms. The molecule has 0 aliphatic heterocycles. The van der Waals surface area contributed by atoms with Crippen LogP contribution in [0.1, 0.15) is 25.3 Å². The molecule has 0 fully saturated rings. The van der Waals surface area contributed by atoms with Crippen LogP contribution in [0.3, 0.4) is 0 Å². The summed E-state index contributed by atoms with van der Waals surface area (Å²) in [5.41, 5.74) is 8.05. The van der Waals surface area contributed by atoms with E-state index in [-0.39, 0.29) is 5.91 Å². The van der Waals surface area contributed by atoms with Crippen molar-refractivity contribution in [3.05, 3.63) is 23.8 Å². The summed E-state index contributed by atoms with van der Waals surface area (Å²) < 4.78 is 11.2. The lowest BCUT2D eigenvalue weighted by Crippen LogP contribution is -2.14. The lowest BCUT2D eigenvalue weighted by Gasteiger charge is -2.09. The van der Waals surface area contributed by atoms with Crippen LogP contribution >= 0.6 is 0 Å². The van der Waals surface area contributed by atoms with E-state index in [0.717, 1.165) is 11.3 Å². The molecule has 0 saturated carbocycles. The molecule has 0 aliphatic carbocycles. The number of nitrogen functional groups attached to an aromatic ring is 1. The molecule has 1 unspecified atom stereocenters. The third-order valence-electron chi connectivity index (χ3n) is 2.75. The van der Waals surface area contributed by atoms with Gasteiger partial charge in [0.2, 0.25) is 5.91 Å². The lowest BCUT2D eigenvalue weighted by molar-refractivity contribution is -0.116. The first-order valence-corrected chi connectivity index (χ1v) is 7.53. The van der Waals surface area contributed by atoms with Crippen LogP contribution in [0.2, 0.25) is 0 Å². The van der Waals surface area contributed by atoms with E-state index in [2.05, 4.69) is 5.32 Å². The van der Waals surface area contributed by atoms with Crippen molar-refractivity contribution in [3.63, 3.8) is 0 Å². The number of nitrogens with one attached hydrogen (secondary N) is 1. The van der Waals surface area contributed by atoms with Crippen LogP contribution in [0.4, 0.5) is 11.4 Å². The van der Waals surface area contributed by atoms with Gasteiger partial charge in [-0.3, -0.25) is 9.00 Å². The Bertz CT molecular complexity index is 447. The Balaban J connectivity index is 2.45. The van der Waals surface area contributed by atoms with Gasteiger partial charge in [0.15, 0.2) is 0 Å². The minimum atomic E-state index is -0.798. The number of amides is 1. The van der Waals surface area contributed by atoms with Gasteiger partial charge in [-0.25, -0.2) is 0 Å². The Morgan fingerprint density at radius 2 is 2.17 bits per heavy atom. The fourth-order valence-electron chi connectivity index (χ4n) is 1.54. The van der Waals surface area contributed by atoms with Crippen LogP contribution in [-0.2, 0) is 15.6 Å². The number of hydrogen-bond donors (Lipinski definition) is 2. The highest BCUT2D eigenvalue weighted by molar-refractivity contribution is 7.84. The van der Waals surface area contributed by atoms with E-state index in [9.17, 15) is 9.00 Å². The molecule has 0 aliphatic rings. The van der Waals surface area contributed by atoms with E-state index in [1.807, 2.05) is 26.0 Å². The van der Waals surface area contributed by atoms with Crippen molar-refractivity contribution < 1.29 is 9.00 Å². The molecule has 1 amide bonds. The quantitative estimate of drug-likeness (QED) is 0.776. The molecule has 1 atom stereocenters. The average Bonchev–Trinajstić information content (AvgIpc) is 2.34. The molecule has 0 aromatic heterocycles. The number of carbonyl (C=O) groups excluding carboxylic acids is 1. The summed E-state index contributed by atoms with van der Waals surface area (Å²) in [6.45, 7) is 3.75. The third-order valence-corrected chi connectivity index (χ3v) is 4.14. The van der Waals surface area contributed by atoms with Gasteiger partial charge in [0, 0.05) is 40.1 Å². The van der Waals surface area contributed by atoms with Crippen molar-refractivity contribution in [2.45, 2.75) is 26.7 Å². The number of anilines is 2. The van der Waals surface area contributed by atoms with E-state index in [1.165, 1.54) is 0 Å². The van der Waals surface area contributed by atoms with Gasteiger partial charge in [-0.05, 0) is 31.0 Å². The summed E-state index contributed by atoms with van der Waals surface area (Å²) in [5.74, 6) is 1.17. The average molecular weight is 268 g/mol. The Hall–Kier alpha value is -1.36. The maximum Gasteiger partial charge on any atom is 0.224 e. The highest BCUT2D eigenvalue weighted by Gasteiger charge is 2.06. The molecule has 100 valence electrons. The van der Waals surface area contributed by atoms with Crippen molar-refractivity contribution in [1.29, 1.82) is 0 Å². The molecule has 5 heteroatoms. The standard InChI is InChI=1S/C13H20N2O2S/c1-3-18(17)9-5-8-13(16)15-12-7-4-6-11(14)10(12)2/h4,6-7H,3,5,8-9,14H2,1-2H3,(H,15,16). The molecular weight excluding hydrogens is 248 g/mol. The topological polar surface area (TPSA) is 72.2 Å². The summed E-state index contributed by atoms with van der Waals surface area (Å²) in [4.78, 5) is 11.7. The maximum atomic E-state index is 11.7. The van der Waals surface area contributed by atoms with Crippen LogP contribution in [0.25, 0.3) is 0 Å². The summed E-state index contributed by atoms with van der Waals surface area (Å²) >= 11 is 0. The molecule has 4 nitrogen and oxygen atoms in total. The molecule has 1 aromatic rings. The van der Waals surface area contributed by atoms with E-state index in [0.29, 0.717) is 30.0 Å². The van der Waals surface area contributed by atoms with Gasteiger partial charge in [0.1, 0.15) is 0 Å². The lowest BCUT2D eigenvalue weighted by atomic mass is 10.1. The van der Waals surface area contributed by atoms with Crippen molar-refractivity contribution >= 4 is 28.1 Å². The number of nitrogens with two attached hydrogens (primary N) is 1. The van der Waals surface area contributed by atoms with Gasteiger partial charge in [0.25, 0.3) is 0 Å². The highest BCUT2D eigenvalue weighted by atomic mass is 32.2. The first-order chi connectivity index (χ1) is 8.54. The van der Waals surface area contributed by atoms with E-state index < -0.39 is 10.8 Å². The number of rotatable bonds is 6. The Kier molecular flexibility index (Phi) is 5.85. The predicted octanol–water partition coefficient (Wildman–Crippen LogP) is 2.06. The zero-order chi connectivity index (χ0) is 13.5. The van der Waals surface area contributed by atoms with Crippen molar-refractivity contribution in [2.75, 3.05) is 22.6 Å². The molecule has 0 bridgehead atoms. The van der Waals surface area contributed by atoms with E-state index in [1.54, 1.807) is 6.07 Å². The van der Waals surface area contributed by atoms with Gasteiger partial charge in [-0.2, -0.15) is 0 Å². The summed E-state index contributed by atoms with van der Waals surface area (Å²) in [7, 11) is -0.798. The first-order valence-electron chi connectivity index (χ1n) is 6.04. The minimum absolute atomic E-state index is 0.0585. The molecule has 1 aromatic carbocycles. The SMILES string of the molecule is CCS(=O)CCCC(=O)Nc1cccc(N)c1C. The second kappa shape index (κ2) is 7.16. The maximum absolute atomic E-state index is 11.7. The van der Waals surface area contributed by atoms with E-state index >= 15 is 0 Å². The van der Waals surface area contributed by atoms with E-state index in [4.69, 9.17) is 5.73 Å². The van der Waals surface area contributed by atoms with Gasteiger partial charge in [-0.1, -0.05) is 13.0 Å². The Labute approximate surface area is 110 Å². The second-order valence-corrected chi connectivity index (χ2v) is 5.97. The smallest absolute Gasteiger partial charge is 0.224 e. The fraction of sp³-hybridized carbons (Fsp3) is 0.462. The second-order valence-electron chi connectivity index (χ2n) is 4.10. The largest absolute Gasteiger partial charge is 0.398 e. The van der Waals surface area contributed by atoms with Gasteiger partial charge in [0.05, 0.1) is 0 Å². The first kappa shape index (κ1) is 14.7. The molecule has 1 rings (SSSR count). The fourth-order valence-corrected chi connectivity index (χ4v) is 2.29. The number of carbonyl (C=O) groups is 1. The Morgan fingerprint density at radius 1 is 1.44 bits per heavy atom. The third kappa shape index (κ3) is 4.49.